The van der Waals surface area contributed by atoms with E-state index >= 15 is 0 Å². The summed E-state index contributed by atoms with van der Waals surface area (Å²) in [5.74, 6) is 0.415. The summed E-state index contributed by atoms with van der Waals surface area (Å²) in [6, 6.07) is 10.7. The van der Waals surface area contributed by atoms with Crippen molar-refractivity contribution in [2.75, 3.05) is 0 Å². The third-order valence-electron chi connectivity index (χ3n) is 2.34. The summed E-state index contributed by atoms with van der Waals surface area (Å²) < 4.78 is 5.48. The van der Waals surface area contributed by atoms with E-state index in [9.17, 15) is 9.90 Å². The number of aldehydes is 1. The van der Waals surface area contributed by atoms with Gasteiger partial charge in [0.15, 0.2) is 0 Å². The summed E-state index contributed by atoms with van der Waals surface area (Å²) in [5.41, 5.74) is 0.580. The van der Waals surface area contributed by atoms with Gasteiger partial charge in [0.1, 0.15) is 29.6 Å². The molecule has 0 aliphatic heterocycles. The van der Waals surface area contributed by atoms with E-state index in [2.05, 4.69) is 0 Å². The Hall–Kier alpha value is -2.51. The van der Waals surface area contributed by atoms with Gasteiger partial charge in [-0.05, 0) is 24.3 Å². The van der Waals surface area contributed by atoms with Gasteiger partial charge in [0.2, 0.25) is 0 Å². The quantitative estimate of drug-likeness (QED) is 0.869. The van der Waals surface area contributed by atoms with Crippen molar-refractivity contribution < 1.29 is 14.6 Å². The van der Waals surface area contributed by atoms with Crippen LogP contribution in [0.25, 0.3) is 0 Å². The predicted octanol–water partition coefficient (Wildman–Crippen LogP) is 3.52. The first-order valence-corrected chi connectivity index (χ1v) is 5.67. The van der Waals surface area contributed by atoms with Gasteiger partial charge in [-0.15, -0.1) is 0 Å². The molecule has 19 heavy (non-hydrogen) atoms. The Morgan fingerprint density at radius 3 is 2.74 bits per heavy atom. The fraction of sp³-hybridized carbons (Fsp3) is 0. The summed E-state index contributed by atoms with van der Waals surface area (Å²) in [6.07, 6.45) is 0.593. The van der Waals surface area contributed by atoms with Crippen LogP contribution in [0.1, 0.15) is 15.9 Å². The van der Waals surface area contributed by atoms with Crippen LogP contribution in [0.15, 0.2) is 36.4 Å². The van der Waals surface area contributed by atoms with Gasteiger partial charge in [0.05, 0.1) is 5.56 Å². The fourth-order valence-electron chi connectivity index (χ4n) is 1.53. The Kier molecular flexibility index (Phi) is 3.69. The van der Waals surface area contributed by atoms with E-state index in [0.29, 0.717) is 16.9 Å². The average molecular weight is 274 g/mol. The summed E-state index contributed by atoms with van der Waals surface area (Å²) >= 11 is 5.83. The van der Waals surface area contributed by atoms with Crippen molar-refractivity contribution in [3.8, 4) is 23.3 Å². The highest BCUT2D eigenvalue weighted by Crippen LogP contribution is 2.30. The van der Waals surface area contributed by atoms with Crippen molar-refractivity contribution in [3.05, 3.63) is 52.5 Å². The van der Waals surface area contributed by atoms with E-state index in [0.717, 1.165) is 0 Å². The first kappa shape index (κ1) is 12.9. The molecule has 0 aromatic heterocycles. The normalized spacial score (nSPS) is 9.68. The van der Waals surface area contributed by atoms with Crippen LogP contribution < -0.4 is 4.74 Å². The van der Waals surface area contributed by atoms with Gasteiger partial charge < -0.3 is 9.84 Å². The van der Waals surface area contributed by atoms with E-state index in [1.807, 2.05) is 6.07 Å². The maximum absolute atomic E-state index is 10.7. The minimum absolute atomic E-state index is 0.0971. The molecule has 0 spiro atoms. The highest BCUT2D eigenvalue weighted by atomic mass is 35.5. The van der Waals surface area contributed by atoms with Gasteiger partial charge in [0, 0.05) is 22.7 Å². The SMILES string of the molecule is N#Cc1ccc(Cl)cc1Oc1cc(O)cc(C=O)c1. The molecule has 0 radical (unpaired) electrons. The number of ether oxygens (including phenoxy) is 1. The molecule has 0 unspecified atom stereocenters. The highest BCUT2D eigenvalue weighted by molar-refractivity contribution is 6.30. The third-order valence-corrected chi connectivity index (χ3v) is 2.58. The molecule has 0 aliphatic carbocycles. The van der Waals surface area contributed by atoms with Crippen LogP contribution in [-0.4, -0.2) is 11.4 Å². The zero-order valence-corrected chi connectivity index (χ0v) is 10.4. The molecule has 0 fully saturated rings. The molecule has 0 saturated carbocycles. The number of nitrogens with zero attached hydrogens (tertiary/aromatic N) is 1. The second-order valence-corrected chi connectivity index (χ2v) is 4.17. The number of halogens is 1. The van der Waals surface area contributed by atoms with Crippen LogP contribution >= 0.6 is 11.6 Å². The van der Waals surface area contributed by atoms with Gasteiger partial charge in [-0.3, -0.25) is 4.79 Å². The van der Waals surface area contributed by atoms with Crippen molar-refractivity contribution in [3.63, 3.8) is 0 Å². The number of aromatic hydroxyl groups is 1. The van der Waals surface area contributed by atoms with Crippen LogP contribution in [-0.2, 0) is 0 Å². The summed E-state index contributed by atoms with van der Waals surface area (Å²) in [7, 11) is 0. The fourth-order valence-corrected chi connectivity index (χ4v) is 1.69. The lowest BCUT2D eigenvalue weighted by Gasteiger charge is -2.08. The molecule has 0 heterocycles. The molecule has 1 N–H and O–H groups in total. The Labute approximate surface area is 114 Å². The average Bonchev–Trinajstić information content (AvgIpc) is 2.38. The number of rotatable bonds is 3. The number of benzene rings is 2. The second kappa shape index (κ2) is 5.42. The first-order chi connectivity index (χ1) is 9.12. The Balaban J connectivity index is 2.41. The predicted molar refractivity (Wildman–Crippen MR) is 69.7 cm³/mol. The Bertz CT molecular complexity index is 677. The molecule has 0 aliphatic rings. The van der Waals surface area contributed by atoms with Crippen LogP contribution in [0.4, 0.5) is 0 Å². The van der Waals surface area contributed by atoms with E-state index in [4.69, 9.17) is 21.6 Å². The Morgan fingerprint density at radius 2 is 2.05 bits per heavy atom. The summed E-state index contributed by atoms with van der Waals surface area (Å²) in [4.78, 5) is 10.7. The van der Waals surface area contributed by atoms with Crippen LogP contribution in [0.2, 0.25) is 5.02 Å². The molecular weight excluding hydrogens is 266 g/mol. The summed E-state index contributed by atoms with van der Waals surface area (Å²) in [5, 5.41) is 18.8. The van der Waals surface area contributed by atoms with E-state index < -0.39 is 0 Å². The topological polar surface area (TPSA) is 70.3 Å². The number of carbonyl (C=O) groups is 1. The minimum atomic E-state index is -0.0971. The van der Waals surface area contributed by atoms with E-state index in [1.54, 1.807) is 6.07 Å². The molecule has 2 rings (SSSR count). The summed E-state index contributed by atoms with van der Waals surface area (Å²) in [6.45, 7) is 0. The number of phenols is 1. The van der Waals surface area contributed by atoms with Gasteiger partial charge in [-0.25, -0.2) is 0 Å². The maximum Gasteiger partial charge on any atom is 0.150 e. The monoisotopic (exact) mass is 273 g/mol. The number of nitriles is 1. The first-order valence-electron chi connectivity index (χ1n) is 5.29. The molecule has 2 aromatic rings. The molecule has 5 heteroatoms. The standard InChI is InChI=1S/C14H8ClNO3/c15-11-2-1-10(7-16)14(5-11)19-13-4-9(8-17)3-12(18)6-13/h1-6,8,18H. The minimum Gasteiger partial charge on any atom is -0.508 e. The lowest BCUT2D eigenvalue weighted by Crippen LogP contribution is -1.90. The largest absolute Gasteiger partial charge is 0.508 e. The van der Waals surface area contributed by atoms with Crippen molar-refractivity contribution in [1.82, 2.24) is 0 Å². The zero-order valence-electron chi connectivity index (χ0n) is 9.63. The van der Waals surface area contributed by atoms with Gasteiger partial charge >= 0.3 is 0 Å². The number of carbonyl (C=O) groups excluding carboxylic acids is 1. The van der Waals surface area contributed by atoms with Crippen LogP contribution in [0.3, 0.4) is 0 Å². The number of phenolic OH excluding ortho intramolecular Hbond substituents is 1. The van der Waals surface area contributed by atoms with Crippen molar-refractivity contribution in [1.29, 1.82) is 5.26 Å². The van der Waals surface area contributed by atoms with Crippen molar-refractivity contribution >= 4 is 17.9 Å². The zero-order chi connectivity index (χ0) is 13.8. The number of hydrogen-bond acceptors (Lipinski definition) is 4. The van der Waals surface area contributed by atoms with Crippen LogP contribution in [0.5, 0.6) is 17.2 Å². The van der Waals surface area contributed by atoms with Gasteiger partial charge in [-0.2, -0.15) is 5.26 Å². The van der Waals surface area contributed by atoms with Gasteiger partial charge in [-0.1, -0.05) is 11.6 Å². The maximum atomic E-state index is 10.7. The van der Waals surface area contributed by atoms with Crippen molar-refractivity contribution in [2.24, 2.45) is 0 Å². The molecule has 0 saturated heterocycles. The van der Waals surface area contributed by atoms with Crippen LogP contribution in [0, 0.1) is 11.3 Å². The molecule has 94 valence electrons. The lowest BCUT2D eigenvalue weighted by molar-refractivity contribution is 0.112. The van der Waals surface area contributed by atoms with Gasteiger partial charge in [0.25, 0.3) is 0 Å². The molecular formula is C14H8ClNO3. The lowest BCUT2D eigenvalue weighted by atomic mass is 10.2. The second-order valence-electron chi connectivity index (χ2n) is 3.73. The smallest absolute Gasteiger partial charge is 0.150 e. The molecule has 2 aromatic carbocycles. The molecule has 0 amide bonds. The third kappa shape index (κ3) is 3.03. The molecule has 0 atom stereocenters. The highest BCUT2D eigenvalue weighted by Gasteiger charge is 2.07. The number of hydrogen-bond donors (Lipinski definition) is 1. The van der Waals surface area contributed by atoms with E-state index in [-0.39, 0.29) is 22.8 Å². The Morgan fingerprint density at radius 1 is 1.26 bits per heavy atom. The molecule has 4 nitrogen and oxygen atoms in total. The van der Waals surface area contributed by atoms with E-state index in [1.165, 1.54) is 30.3 Å². The molecule has 0 bridgehead atoms. The van der Waals surface area contributed by atoms with Crippen molar-refractivity contribution in [2.45, 2.75) is 0 Å².